The monoisotopic (exact) mass is 601 g/mol. The summed E-state index contributed by atoms with van der Waals surface area (Å²) in [5.41, 5.74) is -3.19. The summed E-state index contributed by atoms with van der Waals surface area (Å²) in [6, 6.07) is 1.42. The minimum absolute atomic E-state index is 0.0135. The maximum Gasteiger partial charge on any atom is 0.418 e. The number of anilines is 1. The van der Waals surface area contributed by atoms with Crippen LogP contribution in [0, 0.1) is 11.6 Å². The lowest BCUT2D eigenvalue weighted by molar-refractivity contribution is -0.139. The van der Waals surface area contributed by atoms with Crippen molar-refractivity contribution in [1.82, 2.24) is 19.7 Å². The number of benzene rings is 1. The van der Waals surface area contributed by atoms with Crippen LogP contribution >= 0.6 is 0 Å². The number of nitrogens with one attached hydrogen (secondary N) is 2. The maximum absolute atomic E-state index is 14.6. The predicted molar refractivity (Wildman–Crippen MR) is 132 cm³/mol. The number of halogens is 8. The molecule has 0 radical (unpaired) electrons. The second-order valence-corrected chi connectivity index (χ2v) is 9.05. The molecule has 0 bridgehead atoms. The molecule has 0 aliphatic rings. The summed E-state index contributed by atoms with van der Waals surface area (Å²) in [5.74, 6) is -6.23. The van der Waals surface area contributed by atoms with Crippen molar-refractivity contribution in [2.45, 2.75) is 37.8 Å². The Bertz CT molecular complexity index is 1630. The zero-order valence-corrected chi connectivity index (χ0v) is 21.2. The molecule has 4 rings (SSSR count). The van der Waals surface area contributed by atoms with Crippen molar-refractivity contribution >= 4 is 23.2 Å². The van der Waals surface area contributed by atoms with E-state index < -0.39 is 76.9 Å². The van der Waals surface area contributed by atoms with Gasteiger partial charge < -0.3 is 20.1 Å². The lowest BCUT2D eigenvalue weighted by atomic mass is 10.0. The Balaban J connectivity index is 1.61. The van der Waals surface area contributed by atoms with Crippen LogP contribution in [0.25, 0.3) is 16.9 Å². The van der Waals surface area contributed by atoms with Crippen LogP contribution in [0.2, 0.25) is 0 Å². The zero-order valence-electron chi connectivity index (χ0n) is 21.2. The Labute approximate surface area is 231 Å². The molecule has 8 nitrogen and oxygen atoms in total. The van der Waals surface area contributed by atoms with Gasteiger partial charge in [0.2, 0.25) is 0 Å². The molecule has 0 unspecified atom stereocenters. The van der Waals surface area contributed by atoms with Gasteiger partial charge in [-0.3, -0.25) is 9.78 Å². The van der Waals surface area contributed by atoms with E-state index in [0.717, 1.165) is 18.3 Å². The van der Waals surface area contributed by atoms with Gasteiger partial charge >= 0.3 is 18.3 Å². The van der Waals surface area contributed by atoms with Crippen molar-refractivity contribution < 1.29 is 49.8 Å². The van der Waals surface area contributed by atoms with Gasteiger partial charge in [0.05, 0.1) is 11.3 Å². The smallest absolute Gasteiger partial charge is 0.418 e. The lowest BCUT2D eigenvalue weighted by Gasteiger charge is -2.20. The van der Waals surface area contributed by atoms with Gasteiger partial charge in [-0.25, -0.2) is 18.6 Å². The number of carbonyl (C=O) groups excluding carboxylic acids is 1. The molecule has 3 N–H and O–H groups in total. The van der Waals surface area contributed by atoms with Crippen molar-refractivity contribution in [3.8, 4) is 11.3 Å². The van der Waals surface area contributed by atoms with E-state index in [-0.39, 0.29) is 16.9 Å². The van der Waals surface area contributed by atoms with Gasteiger partial charge in [0, 0.05) is 42.0 Å². The van der Waals surface area contributed by atoms with E-state index in [9.17, 15) is 49.8 Å². The van der Waals surface area contributed by atoms with Crippen LogP contribution in [0.5, 0.6) is 0 Å². The molecule has 0 saturated carbocycles. The largest absolute Gasteiger partial charge is 0.480 e. The second-order valence-electron chi connectivity index (χ2n) is 9.05. The topological polar surface area (TPSA) is 109 Å². The normalized spacial score (nSPS) is 13.5. The number of imidazole rings is 1. The molecule has 4 aromatic rings. The van der Waals surface area contributed by atoms with E-state index in [4.69, 9.17) is 0 Å². The summed E-state index contributed by atoms with van der Waals surface area (Å²) in [5, 5.41) is 13.5. The Morgan fingerprint density at radius 1 is 1.00 bits per heavy atom. The molecule has 222 valence electrons. The van der Waals surface area contributed by atoms with Gasteiger partial charge in [-0.15, -0.1) is 0 Å². The first kappa shape index (κ1) is 30.2. The fraction of sp³-hybridized carbons (Fsp3) is 0.231. The van der Waals surface area contributed by atoms with E-state index in [1.54, 1.807) is 0 Å². The molecule has 16 heteroatoms. The highest BCUT2D eigenvalue weighted by molar-refractivity contribution is 5.97. The summed E-state index contributed by atoms with van der Waals surface area (Å²) in [6.45, 7) is 0.712. The highest BCUT2D eigenvalue weighted by atomic mass is 19.4. The second kappa shape index (κ2) is 11.3. The van der Waals surface area contributed by atoms with E-state index in [1.165, 1.54) is 28.9 Å². The zero-order chi connectivity index (χ0) is 31.0. The number of aliphatic carboxylic acids is 1. The van der Waals surface area contributed by atoms with Crippen LogP contribution in [0.3, 0.4) is 0 Å². The Kier molecular flexibility index (Phi) is 8.09. The maximum atomic E-state index is 14.6. The molecule has 1 aromatic carbocycles. The van der Waals surface area contributed by atoms with E-state index in [2.05, 4.69) is 9.97 Å². The molecule has 0 saturated heterocycles. The molecular formula is C26H19F8N5O3. The average Bonchev–Trinajstić information content (AvgIpc) is 3.37. The number of hydrogen-bond donors (Lipinski definition) is 3. The third kappa shape index (κ3) is 6.26. The SMILES string of the molecule is C[C@@H](Nc1cc(F)c(C(=O)N[C@@H](Cc2ccc(-c3ncccc3C(F)(F)F)c3nccn23)C(=O)O)c(F)c1)C(F)(F)F. The van der Waals surface area contributed by atoms with Crippen LogP contribution in [0.4, 0.5) is 40.8 Å². The number of alkyl halides is 6. The van der Waals surface area contributed by atoms with Crippen LogP contribution in [0.1, 0.15) is 28.5 Å². The minimum Gasteiger partial charge on any atom is -0.480 e. The molecule has 0 aliphatic heterocycles. The van der Waals surface area contributed by atoms with Gasteiger partial charge in [-0.05, 0) is 43.3 Å². The predicted octanol–water partition coefficient (Wildman–Crippen LogP) is 5.48. The number of carboxylic acid groups (broad SMARTS) is 1. The third-order valence-corrected chi connectivity index (χ3v) is 6.16. The van der Waals surface area contributed by atoms with Crippen molar-refractivity contribution in [2.24, 2.45) is 0 Å². The summed E-state index contributed by atoms with van der Waals surface area (Å²) in [7, 11) is 0. The van der Waals surface area contributed by atoms with E-state index in [0.29, 0.717) is 19.1 Å². The van der Waals surface area contributed by atoms with Crippen molar-refractivity contribution in [2.75, 3.05) is 5.32 Å². The fourth-order valence-corrected chi connectivity index (χ4v) is 4.11. The van der Waals surface area contributed by atoms with Gasteiger partial charge in [-0.2, -0.15) is 26.3 Å². The van der Waals surface area contributed by atoms with E-state index in [1.807, 2.05) is 10.6 Å². The van der Waals surface area contributed by atoms with E-state index >= 15 is 0 Å². The van der Waals surface area contributed by atoms with Gasteiger partial charge in [0.1, 0.15) is 34.9 Å². The molecule has 42 heavy (non-hydrogen) atoms. The van der Waals surface area contributed by atoms with Gasteiger partial charge in [0.25, 0.3) is 5.91 Å². The molecule has 0 aliphatic carbocycles. The summed E-state index contributed by atoms with van der Waals surface area (Å²) >= 11 is 0. The van der Waals surface area contributed by atoms with Crippen LogP contribution in [-0.4, -0.2) is 49.6 Å². The quantitative estimate of drug-likeness (QED) is 0.231. The molecule has 0 spiro atoms. The van der Waals surface area contributed by atoms with Crippen molar-refractivity contribution in [3.63, 3.8) is 0 Å². The number of aromatic nitrogens is 3. The average molecular weight is 601 g/mol. The number of amides is 1. The molecule has 0 fully saturated rings. The van der Waals surface area contributed by atoms with Gasteiger partial charge in [-0.1, -0.05) is 0 Å². The standard InChI is InChI=1S/C26H19F8N5O3/c1-12(25(29,30)31)37-13-9-17(27)20(18(28)10-13)23(40)38-19(24(41)42)11-14-4-5-15(22-36-7-8-39(14)22)21-16(26(32,33)34)3-2-6-35-21/h2-10,12,19,37H,11H2,1H3,(H,38,40)(H,41,42)/t12-,19+/m1/s1. The minimum atomic E-state index is -4.74. The Hall–Kier alpha value is -4.76. The number of carboxylic acids is 1. The highest BCUT2D eigenvalue weighted by Crippen LogP contribution is 2.37. The Morgan fingerprint density at radius 2 is 1.67 bits per heavy atom. The van der Waals surface area contributed by atoms with Gasteiger partial charge in [0.15, 0.2) is 0 Å². The summed E-state index contributed by atoms with van der Waals surface area (Å²) in [6.07, 6.45) is -6.24. The first-order valence-electron chi connectivity index (χ1n) is 11.9. The Morgan fingerprint density at radius 3 is 2.26 bits per heavy atom. The van der Waals surface area contributed by atoms with Crippen LogP contribution in [0.15, 0.2) is 55.0 Å². The summed E-state index contributed by atoms with van der Waals surface area (Å²) < 4.78 is 109. The van der Waals surface area contributed by atoms with Crippen molar-refractivity contribution in [3.05, 3.63) is 83.4 Å². The number of fused-ring (bicyclic) bond motifs is 1. The lowest BCUT2D eigenvalue weighted by Crippen LogP contribution is -2.43. The fourth-order valence-electron chi connectivity index (χ4n) is 4.11. The number of rotatable bonds is 8. The number of nitrogens with zero attached hydrogens (tertiary/aromatic N) is 3. The molecule has 3 heterocycles. The number of hydrogen-bond acceptors (Lipinski definition) is 5. The van der Waals surface area contributed by atoms with Crippen molar-refractivity contribution in [1.29, 1.82) is 0 Å². The van der Waals surface area contributed by atoms with Crippen LogP contribution in [-0.2, 0) is 17.4 Å². The highest BCUT2D eigenvalue weighted by Gasteiger charge is 2.37. The number of pyridine rings is 2. The number of carbonyl (C=O) groups is 2. The molecule has 2 atom stereocenters. The first-order chi connectivity index (χ1) is 19.6. The molecule has 1 amide bonds. The first-order valence-corrected chi connectivity index (χ1v) is 11.9. The third-order valence-electron chi connectivity index (χ3n) is 6.16. The summed E-state index contributed by atoms with van der Waals surface area (Å²) in [4.78, 5) is 32.5. The molecular weight excluding hydrogens is 582 g/mol. The molecule has 3 aromatic heterocycles. The van der Waals surface area contributed by atoms with Crippen LogP contribution < -0.4 is 10.6 Å².